The molecule has 0 saturated heterocycles. The van der Waals surface area contributed by atoms with Crippen molar-refractivity contribution in [2.45, 2.75) is 39.0 Å². The topological polar surface area (TPSA) is 26.3 Å². The van der Waals surface area contributed by atoms with E-state index in [0.717, 1.165) is 0 Å². The van der Waals surface area contributed by atoms with Crippen molar-refractivity contribution in [3.8, 4) is 0 Å². The van der Waals surface area contributed by atoms with Crippen molar-refractivity contribution in [2.24, 2.45) is 5.92 Å². The largest absolute Gasteiger partial charge is 0.461 e. The predicted octanol–water partition coefficient (Wildman–Crippen LogP) is 2.84. The summed E-state index contributed by atoms with van der Waals surface area (Å²) in [4.78, 5) is 10.4. The average Bonchev–Trinajstić information content (AvgIpc) is 2.18. The highest BCUT2D eigenvalue weighted by atomic mass is 16.5. The highest BCUT2D eigenvalue weighted by molar-refractivity contribution is 5.65. The Labute approximate surface area is 85.6 Å². The maximum absolute atomic E-state index is 10.4. The monoisotopic (exact) mass is 194 g/mol. The van der Waals surface area contributed by atoms with Gasteiger partial charge >= 0.3 is 5.97 Å². The molecule has 1 aliphatic carbocycles. The standard InChI is InChI=1S/C12H18O2/c1-11(13)14-10-6-5-9-12-7-3-2-4-8-12/h6,9,12H,2-4,7-8,10H2,1H3. The Balaban J connectivity index is 2.20. The third kappa shape index (κ3) is 4.88. The van der Waals surface area contributed by atoms with Crippen molar-refractivity contribution in [1.82, 2.24) is 0 Å². The molecule has 0 aromatic carbocycles. The summed E-state index contributed by atoms with van der Waals surface area (Å²) >= 11 is 0. The Hall–Kier alpha value is -1.01. The van der Waals surface area contributed by atoms with Crippen LogP contribution in [0.15, 0.2) is 17.9 Å². The number of hydrogen-bond donors (Lipinski definition) is 0. The molecule has 1 saturated carbocycles. The van der Waals surface area contributed by atoms with E-state index in [-0.39, 0.29) is 5.97 Å². The Bertz CT molecular complexity index is 231. The minimum absolute atomic E-state index is 0.235. The van der Waals surface area contributed by atoms with Gasteiger partial charge in [0, 0.05) is 6.92 Å². The quantitative estimate of drug-likeness (QED) is 0.510. The van der Waals surface area contributed by atoms with E-state index in [2.05, 4.69) is 11.8 Å². The van der Waals surface area contributed by atoms with Gasteiger partial charge in [-0.1, -0.05) is 19.3 Å². The first-order chi connectivity index (χ1) is 6.79. The molecule has 2 heteroatoms. The lowest BCUT2D eigenvalue weighted by atomic mass is 9.89. The fraction of sp³-hybridized carbons (Fsp3) is 0.667. The van der Waals surface area contributed by atoms with Crippen LogP contribution in [0.3, 0.4) is 0 Å². The van der Waals surface area contributed by atoms with Crippen LogP contribution in [0, 0.1) is 5.92 Å². The second-order valence-corrected chi connectivity index (χ2v) is 3.74. The minimum atomic E-state index is -0.235. The molecule has 0 bridgehead atoms. The molecule has 0 aromatic rings. The third-order valence-corrected chi connectivity index (χ3v) is 2.47. The number of carbonyl (C=O) groups is 1. The summed E-state index contributed by atoms with van der Waals surface area (Å²) in [5, 5.41) is 0. The molecule has 0 unspecified atom stereocenters. The molecule has 0 amide bonds. The number of rotatable bonds is 3. The van der Waals surface area contributed by atoms with Crippen molar-refractivity contribution in [3.63, 3.8) is 0 Å². The summed E-state index contributed by atoms with van der Waals surface area (Å²) in [6, 6.07) is 0. The Morgan fingerprint density at radius 2 is 2.14 bits per heavy atom. The van der Waals surface area contributed by atoms with Gasteiger partial charge in [-0.15, -0.1) is 5.73 Å². The Morgan fingerprint density at radius 3 is 2.79 bits per heavy atom. The van der Waals surface area contributed by atoms with E-state index in [9.17, 15) is 4.79 Å². The highest BCUT2D eigenvalue weighted by Gasteiger charge is 2.08. The third-order valence-electron chi connectivity index (χ3n) is 2.47. The fourth-order valence-electron chi connectivity index (χ4n) is 1.71. The van der Waals surface area contributed by atoms with Crippen molar-refractivity contribution in [3.05, 3.63) is 17.9 Å². The lowest BCUT2D eigenvalue weighted by molar-refractivity contribution is -0.139. The van der Waals surface area contributed by atoms with E-state index in [1.54, 1.807) is 6.08 Å². The molecule has 0 atom stereocenters. The molecule has 1 aliphatic rings. The molecule has 14 heavy (non-hydrogen) atoms. The smallest absolute Gasteiger partial charge is 0.302 e. The number of hydrogen-bond acceptors (Lipinski definition) is 2. The van der Waals surface area contributed by atoms with Gasteiger partial charge in [-0.25, -0.2) is 0 Å². The van der Waals surface area contributed by atoms with Crippen molar-refractivity contribution >= 4 is 5.97 Å². The summed E-state index contributed by atoms with van der Waals surface area (Å²) in [5.41, 5.74) is 3.08. The van der Waals surface area contributed by atoms with E-state index in [1.165, 1.54) is 39.0 Å². The zero-order valence-electron chi connectivity index (χ0n) is 8.79. The minimum Gasteiger partial charge on any atom is -0.461 e. The van der Waals surface area contributed by atoms with E-state index in [0.29, 0.717) is 12.5 Å². The summed E-state index contributed by atoms with van der Waals surface area (Å²) in [6.45, 7) is 1.76. The van der Waals surface area contributed by atoms with Crippen molar-refractivity contribution < 1.29 is 9.53 Å². The van der Waals surface area contributed by atoms with Crippen LogP contribution >= 0.6 is 0 Å². The summed E-state index contributed by atoms with van der Waals surface area (Å²) in [6.07, 6.45) is 10.5. The van der Waals surface area contributed by atoms with Crippen molar-refractivity contribution in [2.75, 3.05) is 6.61 Å². The summed E-state index contributed by atoms with van der Waals surface area (Å²) in [7, 11) is 0. The molecule has 0 heterocycles. The second kappa shape index (κ2) is 6.44. The molecule has 0 radical (unpaired) electrons. The molecular weight excluding hydrogens is 176 g/mol. The van der Waals surface area contributed by atoms with Gasteiger partial charge in [0.15, 0.2) is 0 Å². The average molecular weight is 194 g/mol. The van der Waals surface area contributed by atoms with Crippen LogP contribution < -0.4 is 0 Å². The van der Waals surface area contributed by atoms with Gasteiger partial charge in [0.2, 0.25) is 0 Å². The SMILES string of the molecule is CC(=O)OCC=C=CC1CCCCC1. The molecule has 0 N–H and O–H groups in total. The number of carbonyl (C=O) groups excluding carboxylic acids is 1. The molecule has 1 rings (SSSR count). The lowest BCUT2D eigenvalue weighted by Gasteiger charge is -2.16. The van der Waals surface area contributed by atoms with Gasteiger partial charge in [-0.05, 0) is 30.9 Å². The zero-order valence-corrected chi connectivity index (χ0v) is 8.79. The van der Waals surface area contributed by atoms with Gasteiger partial charge in [-0.3, -0.25) is 4.79 Å². The first kappa shape index (κ1) is 11.1. The van der Waals surface area contributed by atoms with Crippen LogP contribution in [-0.4, -0.2) is 12.6 Å². The summed E-state index contributed by atoms with van der Waals surface area (Å²) in [5.74, 6) is 0.457. The zero-order chi connectivity index (χ0) is 10.2. The van der Waals surface area contributed by atoms with E-state index >= 15 is 0 Å². The first-order valence-corrected chi connectivity index (χ1v) is 5.33. The van der Waals surface area contributed by atoms with Gasteiger partial charge in [0.1, 0.15) is 6.61 Å². The maximum atomic E-state index is 10.4. The van der Waals surface area contributed by atoms with Crippen LogP contribution in [0.2, 0.25) is 0 Å². The predicted molar refractivity (Wildman–Crippen MR) is 55.9 cm³/mol. The Kier molecular flexibility index (Phi) is 5.09. The molecule has 0 spiro atoms. The van der Waals surface area contributed by atoms with E-state index < -0.39 is 0 Å². The van der Waals surface area contributed by atoms with Gasteiger partial charge in [0.05, 0.1) is 0 Å². The number of esters is 1. The van der Waals surface area contributed by atoms with Crippen LogP contribution in [0.5, 0.6) is 0 Å². The van der Waals surface area contributed by atoms with E-state index in [1.807, 2.05) is 0 Å². The molecular formula is C12H18O2. The molecule has 2 nitrogen and oxygen atoms in total. The molecule has 1 fully saturated rings. The van der Waals surface area contributed by atoms with Crippen LogP contribution in [0.25, 0.3) is 0 Å². The molecule has 0 aromatic heterocycles. The van der Waals surface area contributed by atoms with E-state index in [4.69, 9.17) is 4.74 Å². The first-order valence-electron chi connectivity index (χ1n) is 5.33. The normalized spacial score (nSPS) is 16.9. The van der Waals surface area contributed by atoms with Crippen LogP contribution in [0.4, 0.5) is 0 Å². The molecule has 78 valence electrons. The van der Waals surface area contributed by atoms with Crippen LogP contribution in [0.1, 0.15) is 39.0 Å². The number of ether oxygens (including phenoxy) is 1. The summed E-state index contributed by atoms with van der Waals surface area (Å²) < 4.78 is 4.75. The highest BCUT2D eigenvalue weighted by Crippen LogP contribution is 2.23. The van der Waals surface area contributed by atoms with Gasteiger partial charge in [-0.2, -0.15) is 0 Å². The van der Waals surface area contributed by atoms with Gasteiger partial charge < -0.3 is 4.74 Å². The fourth-order valence-corrected chi connectivity index (χ4v) is 1.71. The van der Waals surface area contributed by atoms with Crippen LogP contribution in [-0.2, 0) is 9.53 Å². The van der Waals surface area contributed by atoms with Crippen molar-refractivity contribution in [1.29, 1.82) is 0 Å². The second-order valence-electron chi connectivity index (χ2n) is 3.74. The Morgan fingerprint density at radius 1 is 1.43 bits per heavy atom. The van der Waals surface area contributed by atoms with Gasteiger partial charge in [0.25, 0.3) is 0 Å². The lowest BCUT2D eigenvalue weighted by Crippen LogP contribution is -2.02. The maximum Gasteiger partial charge on any atom is 0.302 e. The molecule has 0 aliphatic heterocycles.